The molecule has 1 aromatic heterocycles. The fourth-order valence-corrected chi connectivity index (χ4v) is 2.56. The van der Waals surface area contributed by atoms with Gasteiger partial charge < -0.3 is 24.8 Å². The minimum absolute atomic E-state index is 0.0266. The van der Waals surface area contributed by atoms with Crippen LogP contribution in [0.1, 0.15) is 22.3 Å². The van der Waals surface area contributed by atoms with Crippen LogP contribution in [0.25, 0.3) is 11.4 Å². The van der Waals surface area contributed by atoms with Crippen molar-refractivity contribution in [1.29, 1.82) is 0 Å². The van der Waals surface area contributed by atoms with E-state index >= 15 is 0 Å². The van der Waals surface area contributed by atoms with Gasteiger partial charge in [-0.3, -0.25) is 4.79 Å². The molecule has 3 N–H and O–H groups in total. The van der Waals surface area contributed by atoms with Gasteiger partial charge in [-0.1, -0.05) is 16.8 Å². The number of hydrogen-bond acceptors (Lipinski definition) is 7. The van der Waals surface area contributed by atoms with Gasteiger partial charge in [0.1, 0.15) is 17.5 Å². The lowest BCUT2D eigenvalue weighted by Gasteiger charge is -2.12. The number of phenols is 1. The van der Waals surface area contributed by atoms with Gasteiger partial charge in [-0.15, -0.1) is 13.2 Å². The second-order valence-corrected chi connectivity index (χ2v) is 6.31. The lowest BCUT2D eigenvalue weighted by atomic mass is 10.2. The topological polar surface area (TPSA) is 118 Å². The van der Waals surface area contributed by atoms with Crippen molar-refractivity contribution < 1.29 is 37.4 Å². The number of rotatable bonds is 6. The number of phenolic OH excluding ortho intramolecular Hbond substituents is 1. The number of aliphatic hydroxyl groups excluding tert-OH is 1. The lowest BCUT2D eigenvalue weighted by molar-refractivity contribution is -0.274. The number of benzene rings is 2. The number of carbonyl (C=O) groups is 1. The highest BCUT2D eigenvalue weighted by atomic mass is 35.5. The number of alkyl halides is 3. The molecule has 1 amide bonds. The van der Waals surface area contributed by atoms with E-state index in [9.17, 15) is 28.2 Å². The molecular formula is C18H13ClF3N3O5. The molecule has 1 heterocycles. The number of hydrogen-bond donors (Lipinski definition) is 3. The maximum Gasteiger partial charge on any atom is 0.573 e. The average molecular weight is 444 g/mol. The van der Waals surface area contributed by atoms with Crippen molar-refractivity contribution in [3.8, 4) is 22.9 Å². The van der Waals surface area contributed by atoms with E-state index in [-0.39, 0.29) is 28.1 Å². The summed E-state index contributed by atoms with van der Waals surface area (Å²) in [7, 11) is 0. The first-order chi connectivity index (χ1) is 14.2. The molecule has 1 unspecified atom stereocenters. The molecule has 0 saturated heterocycles. The van der Waals surface area contributed by atoms with E-state index in [4.69, 9.17) is 16.1 Å². The van der Waals surface area contributed by atoms with Gasteiger partial charge in [-0.2, -0.15) is 4.98 Å². The summed E-state index contributed by atoms with van der Waals surface area (Å²) in [4.78, 5) is 16.4. The van der Waals surface area contributed by atoms with Crippen molar-refractivity contribution in [2.24, 2.45) is 0 Å². The third-order valence-electron chi connectivity index (χ3n) is 3.78. The van der Waals surface area contributed by atoms with E-state index < -0.39 is 30.7 Å². The van der Waals surface area contributed by atoms with Crippen LogP contribution in [-0.2, 0) is 0 Å². The highest BCUT2D eigenvalue weighted by Crippen LogP contribution is 2.27. The molecular weight excluding hydrogens is 431 g/mol. The van der Waals surface area contributed by atoms with Gasteiger partial charge in [0.2, 0.25) is 5.82 Å². The molecule has 1 atom stereocenters. The Morgan fingerprint density at radius 3 is 2.53 bits per heavy atom. The first kappa shape index (κ1) is 21.4. The van der Waals surface area contributed by atoms with Gasteiger partial charge in [0.15, 0.2) is 0 Å². The number of aromatic hydroxyl groups is 1. The van der Waals surface area contributed by atoms with Gasteiger partial charge >= 0.3 is 6.36 Å². The largest absolute Gasteiger partial charge is 0.573 e. The summed E-state index contributed by atoms with van der Waals surface area (Å²) in [6.45, 7) is -0.572. The molecule has 0 radical (unpaired) electrons. The van der Waals surface area contributed by atoms with E-state index in [1.54, 1.807) is 0 Å². The summed E-state index contributed by atoms with van der Waals surface area (Å²) in [6.07, 6.45) is -4.81. The molecule has 158 valence electrons. The molecule has 0 aliphatic heterocycles. The predicted molar refractivity (Wildman–Crippen MR) is 96.8 cm³/mol. The number of aliphatic hydroxyl groups is 1. The molecule has 8 nitrogen and oxygen atoms in total. The highest BCUT2D eigenvalue weighted by Gasteiger charge is 2.31. The van der Waals surface area contributed by atoms with Crippen LogP contribution in [0.3, 0.4) is 0 Å². The smallest absolute Gasteiger partial charge is 0.506 e. The Morgan fingerprint density at radius 2 is 1.93 bits per heavy atom. The number of nitrogens with zero attached hydrogens (tertiary/aromatic N) is 2. The van der Waals surface area contributed by atoms with Gasteiger partial charge in [-0.05, 0) is 42.5 Å². The van der Waals surface area contributed by atoms with Crippen molar-refractivity contribution in [3.05, 3.63) is 58.9 Å². The maximum absolute atomic E-state index is 12.3. The standard InChI is InChI=1S/C18H13ClF3N3O5/c19-12-7-10(3-6-14(12)27)16(28)23-13(8-26)17-24-15(25-30-17)9-1-4-11(5-2-9)29-18(20,21)22/h1-7,13,26-27H,8H2,(H,23,28). The lowest BCUT2D eigenvalue weighted by Crippen LogP contribution is -2.31. The molecule has 3 aromatic rings. The van der Waals surface area contributed by atoms with E-state index in [0.717, 1.165) is 12.1 Å². The quantitative estimate of drug-likeness (QED) is 0.534. The summed E-state index contributed by atoms with van der Waals surface area (Å²) >= 11 is 5.77. The number of aromatic nitrogens is 2. The van der Waals surface area contributed by atoms with Crippen molar-refractivity contribution in [3.63, 3.8) is 0 Å². The van der Waals surface area contributed by atoms with E-state index in [0.29, 0.717) is 5.56 Å². The summed E-state index contributed by atoms with van der Waals surface area (Å²) < 4.78 is 45.5. The predicted octanol–water partition coefficient (Wildman–Crippen LogP) is 3.46. The summed E-state index contributed by atoms with van der Waals surface area (Å²) in [6, 6.07) is 7.50. The Hall–Kier alpha value is -3.31. The van der Waals surface area contributed by atoms with E-state index in [2.05, 4.69) is 20.2 Å². The van der Waals surface area contributed by atoms with Gasteiger partial charge in [0.25, 0.3) is 11.8 Å². The zero-order valence-electron chi connectivity index (χ0n) is 14.9. The van der Waals surface area contributed by atoms with Crippen LogP contribution in [0.2, 0.25) is 5.02 Å². The second kappa shape index (κ2) is 8.59. The third kappa shape index (κ3) is 5.19. The molecule has 0 bridgehead atoms. The number of ether oxygens (including phenoxy) is 1. The summed E-state index contributed by atoms with van der Waals surface area (Å²) in [5.41, 5.74) is 0.448. The third-order valence-corrected chi connectivity index (χ3v) is 4.09. The van der Waals surface area contributed by atoms with Gasteiger partial charge in [0, 0.05) is 11.1 Å². The zero-order chi connectivity index (χ0) is 21.9. The monoisotopic (exact) mass is 443 g/mol. The zero-order valence-corrected chi connectivity index (χ0v) is 15.6. The van der Waals surface area contributed by atoms with Crippen LogP contribution in [0.4, 0.5) is 13.2 Å². The summed E-state index contributed by atoms with van der Waals surface area (Å²) in [5, 5.41) is 25.1. The molecule has 0 saturated carbocycles. The Labute approximate surface area is 171 Å². The Bertz CT molecular complexity index is 1040. The fourth-order valence-electron chi connectivity index (χ4n) is 2.37. The minimum Gasteiger partial charge on any atom is -0.506 e. The highest BCUT2D eigenvalue weighted by molar-refractivity contribution is 6.32. The van der Waals surface area contributed by atoms with Crippen molar-refractivity contribution in [1.82, 2.24) is 15.5 Å². The number of halogens is 4. The molecule has 0 spiro atoms. The van der Waals surface area contributed by atoms with Crippen LogP contribution < -0.4 is 10.1 Å². The molecule has 12 heteroatoms. The molecule has 0 aliphatic rings. The Kier molecular flexibility index (Phi) is 6.13. The van der Waals surface area contributed by atoms with Crippen molar-refractivity contribution >= 4 is 17.5 Å². The molecule has 30 heavy (non-hydrogen) atoms. The molecule has 0 fully saturated rings. The Balaban J connectivity index is 1.73. The van der Waals surface area contributed by atoms with Gasteiger partial charge in [-0.25, -0.2) is 0 Å². The molecule has 2 aromatic carbocycles. The van der Waals surface area contributed by atoms with E-state index in [1.807, 2.05) is 0 Å². The number of amides is 1. The maximum atomic E-state index is 12.3. The van der Waals surface area contributed by atoms with Crippen LogP contribution >= 0.6 is 11.6 Å². The van der Waals surface area contributed by atoms with E-state index in [1.165, 1.54) is 30.3 Å². The Morgan fingerprint density at radius 1 is 1.23 bits per heavy atom. The average Bonchev–Trinajstić information content (AvgIpc) is 3.17. The van der Waals surface area contributed by atoms with Crippen LogP contribution in [0, 0.1) is 0 Å². The molecule has 0 aliphatic carbocycles. The van der Waals surface area contributed by atoms with Crippen LogP contribution in [-0.4, -0.2) is 39.2 Å². The van der Waals surface area contributed by atoms with Crippen molar-refractivity contribution in [2.45, 2.75) is 12.4 Å². The number of carbonyl (C=O) groups excluding carboxylic acids is 1. The van der Waals surface area contributed by atoms with Gasteiger partial charge in [0.05, 0.1) is 11.6 Å². The van der Waals surface area contributed by atoms with Crippen LogP contribution in [0.5, 0.6) is 11.5 Å². The van der Waals surface area contributed by atoms with Crippen molar-refractivity contribution in [2.75, 3.05) is 6.61 Å². The normalized spacial score (nSPS) is 12.4. The molecule has 3 rings (SSSR count). The first-order valence-corrected chi connectivity index (χ1v) is 8.64. The fraction of sp³-hybridized carbons (Fsp3) is 0.167. The summed E-state index contributed by atoms with van der Waals surface area (Å²) in [5.74, 6) is -1.32. The van der Waals surface area contributed by atoms with Crippen LogP contribution in [0.15, 0.2) is 47.0 Å². The SMILES string of the molecule is O=C(NC(CO)c1nc(-c2ccc(OC(F)(F)F)cc2)no1)c1ccc(O)c(Cl)c1. The second-order valence-electron chi connectivity index (χ2n) is 5.90. The first-order valence-electron chi connectivity index (χ1n) is 8.26. The minimum atomic E-state index is -4.81. The number of nitrogens with one attached hydrogen (secondary N) is 1.